The van der Waals surface area contributed by atoms with E-state index in [0.29, 0.717) is 10.8 Å². The predicted molar refractivity (Wildman–Crippen MR) is 104 cm³/mol. The van der Waals surface area contributed by atoms with E-state index in [1.165, 1.54) is 19.3 Å². The molecule has 0 aromatic carbocycles. The first kappa shape index (κ1) is 16.0. The Morgan fingerprint density at radius 2 is 1.43 bits per heavy atom. The molecule has 6 rings (SSSR count). The second kappa shape index (κ2) is 4.94. The molecule has 0 N–H and O–H groups in total. The van der Waals surface area contributed by atoms with Crippen molar-refractivity contribution in [1.82, 2.24) is 0 Å². The summed E-state index contributed by atoms with van der Waals surface area (Å²) in [6, 6.07) is 0. The van der Waals surface area contributed by atoms with E-state index in [0.717, 1.165) is 34.1 Å². The van der Waals surface area contributed by atoms with Gasteiger partial charge in [-0.25, -0.2) is 0 Å². The number of rotatable bonds is 3. The van der Waals surface area contributed by atoms with Crippen molar-refractivity contribution in [3.05, 3.63) is 0 Å². The van der Waals surface area contributed by atoms with Crippen molar-refractivity contribution in [2.24, 2.45) is 34.5 Å². The maximum absolute atomic E-state index is 2.70. The van der Waals surface area contributed by atoms with Crippen molar-refractivity contribution in [1.29, 1.82) is 0 Å². The molecular formula is C21H35PS. The third kappa shape index (κ3) is 2.08. The van der Waals surface area contributed by atoms with Crippen molar-refractivity contribution in [2.45, 2.75) is 89.0 Å². The van der Waals surface area contributed by atoms with Crippen LogP contribution in [0.15, 0.2) is 0 Å². The Bertz CT molecular complexity index is 477. The second-order valence-corrected chi connectivity index (χ2v) is 15.8. The third-order valence-corrected chi connectivity index (χ3v) is 15.7. The number of hydrogen-bond acceptors (Lipinski definition) is 1. The fourth-order valence-corrected chi connectivity index (χ4v) is 14.6. The minimum Gasteiger partial charge on any atom is -0.130 e. The van der Waals surface area contributed by atoms with Crippen LogP contribution in [0.2, 0.25) is 0 Å². The van der Waals surface area contributed by atoms with Gasteiger partial charge in [-0.15, -0.1) is 11.4 Å². The highest BCUT2D eigenvalue weighted by molar-refractivity contribution is 8.56. The quantitative estimate of drug-likeness (QED) is 0.497. The van der Waals surface area contributed by atoms with Crippen molar-refractivity contribution in [3.63, 3.8) is 0 Å². The van der Waals surface area contributed by atoms with Gasteiger partial charge in [-0.05, 0) is 106 Å². The largest absolute Gasteiger partial charge is 0.130 e. The Kier molecular flexibility index (Phi) is 3.43. The molecule has 0 heterocycles. The maximum Gasteiger partial charge on any atom is 0.0151 e. The fraction of sp³-hybridized carbons (Fsp3) is 1.00. The van der Waals surface area contributed by atoms with Gasteiger partial charge in [0.15, 0.2) is 0 Å². The molecular weight excluding hydrogens is 315 g/mol. The van der Waals surface area contributed by atoms with E-state index in [9.17, 15) is 0 Å². The third-order valence-electron chi connectivity index (χ3n) is 9.67. The Morgan fingerprint density at radius 3 is 1.87 bits per heavy atom. The van der Waals surface area contributed by atoms with E-state index in [4.69, 9.17) is 0 Å². The standard InChI is InChI=1S/C21H35PS/c1-19(2)17-5-6-20(19,3)18(10-17)23-22(4)21-11-14-7-15(12-21)9-16(8-14)13-21/h14-18H,5-13H2,1-4H3/t14?,15?,16?,17-,18-,20+,21?,22-/m1/s1. The summed E-state index contributed by atoms with van der Waals surface area (Å²) in [5, 5.41) is 1.78. The Labute approximate surface area is 148 Å². The topological polar surface area (TPSA) is 0 Å². The van der Waals surface area contributed by atoms with Crippen LogP contribution in [0.5, 0.6) is 0 Å². The molecule has 0 spiro atoms. The molecule has 0 unspecified atom stereocenters. The van der Waals surface area contributed by atoms with Crippen molar-refractivity contribution >= 4 is 18.5 Å². The van der Waals surface area contributed by atoms with E-state index in [1.807, 2.05) is 0 Å². The molecule has 6 fully saturated rings. The van der Waals surface area contributed by atoms with Crippen molar-refractivity contribution in [2.75, 3.05) is 6.66 Å². The van der Waals surface area contributed by atoms with Crippen LogP contribution in [0.25, 0.3) is 0 Å². The zero-order valence-corrected chi connectivity index (χ0v) is 17.3. The molecule has 2 heteroatoms. The summed E-state index contributed by atoms with van der Waals surface area (Å²) in [5.41, 5.74) is 1.23. The lowest BCUT2D eigenvalue weighted by molar-refractivity contribution is 0.0365. The van der Waals surface area contributed by atoms with Gasteiger partial charge in [0.05, 0.1) is 0 Å². The molecule has 6 saturated carbocycles. The lowest BCUT2D eigenvalue weighted by atomic mass is 9.56. The average molecular weight is 351 g/mol. The highest BCUT2D eigenvalue weighted by Crippen LogP contribution is 2.77. The van der Waals surface area contributed by atoms with Gasteiger partial charge in [0.1, 0.15) is 0 Å². The van der Waals surface area contributed by atoms with Crippen LogP contribution in [-0.2, 0) is 0 Å². The summed E-state index contributed by atoms with van der Waals surface area (Å²) in [5.74, 6) is 4.39. The van der Waals surface area contributed by atoms with Gasteiger partial charge in [-0.2, -0.15) is 0 Å². The van der Waals surface area contributed by atoms with Gasteiger partial charge in [-0.3, -0.25) is 0 Å². The molecule has 23 heavy (non-hydrogen) atoms. The summed E-state index contributed by atoms with van der Waals surface area (Å²) in [6.07, 6.45) is 14.2. The van der Waals surface area contributed by atoms with Crippen LogP contribution in [0.1, 0.15) is 78.6 Å². The van der Waals surface area contributed by atoms with Crippen LogP contribution in [0, 0.1) is 34.5 Å². The molecule has 0 saturated heterocycles. The lowest BCUT2D eigenvalue weighted by Gasteiger charge is -2.59. The predicted octanol–water partition coefficient (Wildman–Crippen LogP) is 6.93. The van der Waals surface area contributed by atoms with Crippen LogP contribution in [-0.4, -0.2) is 17.1 Å². The van der Waals surface area contributed by atoms with Crippen molar-refractivity contribution < 1.29 is 0 Å². The first-order valence-electron chi connectivity index (χ1n) is 10.2. The minimum absolute atomic E-state index is 0.166. The van der Waals surface area contributed by atoms with Gasteiger partial charge in [0.2, 0.25) is 0 Å². The molecule has 4 atom stereocenters. The number of fused-ring (bicyclic) bond motifs is 2. The fourth-order valence-electron chi connectivity index (χ4n) is 8.04. The van der Waals surface area contributed by atoms with Gasteiger partial charge in [-0.1, -0.05) is 20.8 Å². The first-order chi connectivity index (χ1) is 10.8. The zero-order valence-electron chi connectivity index (χ0n) is 15.6. The Balaban J connectivity index is 1.36. The molecule has 0 radical (unpaired) electrons. The Hall–Kier alpha value is 0.780. The highest BCUT2D eigenvalue weighted by Gasteiger charge is 2.62. The van der Waals surface area contributed by atoms with Crippen molar-refractivity contribution in [3.8, 4) is 0 Å². The lowest BCUT2D eigenvalue weighted by Crippen LogP contribution is -2.49. The molecule has 0 aromatic rings. The second-order valence-electron chi connectivity index (χ2n) is 10.8. The van der Waals surface area contributed by atoms with Crippen LogP contribution >= 0.6 is 18.5 Å². The summed E-state index contributed by atoms with van der Waals surface area (Å²) in [6.45, 7) is 10.5. The molecule has 0 aromatic heterocycles. The maximum atomic E-state index is 2.70. The van der Waals surface area contributed by atoms with Crippen LogP contribution < -0.4 is 0 Å². The van der Waals surface area contributed by atoms with Gasteiger partial charge >= 0.3 is 0 Å². The van der Waals surface area contributed by atoms with Gasteiger partial charge < -0.3 is 0 Å². The van der Waals surface area contributed by atoms with Crippen LogP contribution in [0.3, 0.4) is 0 Å². The Morgan fingerprint density at radius 1 is 0.870 bits per heavy atom. The minimum atomic E-state index is 0.166. The normalized spacial score (nSPS) is 57.1. The zero-order chi connectivity index (χ0) is 16.0. The van der Waals surface area contributed by atoms with E-state index in [-0.39, 0.29) is 7.12 Å². The van der Waals surface area contributed by atoms with Crippen LogP contribution in [0.4, 0.5) is 0 Å². The van der Waals surface area contributed by atoms with E-state index in [1.54, 1.807) is 38.5 Å². The van der Waals surface area contributed by atoms with E-state index in [2.05, 4.69) is 38.8 Å². The molecule has 0 aliphatic heterocycles. The molecule has 130 valence electrons. The highest BCUT2D eigenvalue weighted by atomic mass is 32.7. The summed E-state index contributed by atoms with van der Waals surface area (Å²) >= 11 is 2.52. The van der Waals surface area contributed by atoms with E-state index >= 15 is 0 Å². The summed E-state index contributed by atoms with van der Waals surface area (Å²) < 4.78 is 0. The monoisotopic (exact) mass is 350 g/mol. The average Bonchev–Trinajstić information content (AvgIpc) is 2.79. The molecule has 0 nitrogen and oxygen atoms in total. The SMILES string of the molecule is C[P@@](S[C@@H]1C[C@H]2CC[C@]1(C)C2(C)C)C12CC3CC(CC(C3)C1)C2. The first-order valence-corrected chi connectivity index (χ1v) is 13.5. The summed E-state index contributed by atoms with van der Waals surface area (Å²) in [4.78, 5) is 0. The van der Waals surface area contributed by atoms with E-state index < -0.39 is 0 Å². The smallest absolute Gasteiger partial charge is 0.0151 e. The molecule has 0 amide bonds. The van der Waals surface area contributed by atoms with Gasteiger partial charge in [0, 0.05) is 10.4 Å². The molecule has 6 aliphatic rings. The van der Waals surface area contributed by atoms with Gasteiger partial charge in [0.25, 0.3) is 0 Å². The molecule has 6 bridgehead atoms. The molecule has 6 aliphatic carbocycles. The number of hydrogen-bond donors (Lipinski definition) is 0. The summed E-state index contributed by atoms with van der Waals surface area (Å²) in [7, 11) is 0.166.